The fraction of sp³-hybridized carbons (Fsp3) is 0.588. The van der Waals surface area contributed by atoms with Gasteiger partial charge in [0.2, 0.25) is 0 Å². The summed E-state index contributed by atoms with van der Waals surface area (Å²) in [4.78, 5) is 13.9. The number of amides is 2. The molecular weight excluding hydrogens is 276 g/mol. The molecule has 1 fully saturated rings. The molecule has 1 aliphatic rings. The highest BCUT2D eigenvalue weighted by atomic mass is 16.2. The molecule has 0 atom stereocenters. The maximum atomic E-state index is 12.0. The summed E-state index contributed by atoms with van der Waals surface area (Å²) in [5.41, 5.74) is 7.98. The van der Waals surface area contributed by atoms with Crippen LogP contribution in [0, 0.1) is 0 Å². The monoisotopic (exact) mass is 304 g/mol. The van der Waals surface area contributed by atoms with Crippen LogP contribution >= 0.6 is 0 Å². The number of rotatable bonds is 5. The molecule has 0 aliphatic carbocycles. The van der Waals surface area contributed by atoms with Gasteiger partial charge in [0.25, 0.3) is 0 Å². The maximum absolute atomic E-state index is 12.0. The molecule has 2 amide bonds. The van der Waals surface area contributed by atoms with E-state index in [1.807, 2.05) is 18.7 Å². The number of piperidine rings is 1. The van der Waals surface area contributed by atoms with Gasteiger partial charge in [-0.15, -0.1) is 0 Å². The van der Waals surface area contributed by atoms with Crippen molar-refractivity contribution in [3.8, 4) is 0 Å². The molecule has 1 aromatic carbocycles. The minimum Gasteiger partial charge on any atom is -0.382 e. The number of benzene rings is 1. The Balaban J connectivity index is 1.78. The molecule has 22 heavy (non-hydrogen) atoms. The Labute approximate surface area is 133 Å². The zero-order valence-corrected chi connectivity index (χ0v) is 13.6. The molecule has 1 aromatic rings. The molecule has 0 unspecified atom stereocenters. The minimum atomic E-state index is 0.0552. The summed E-state index contributed by atoms with van der Waals surface area (Å²) in [6, 6.07) is 9.16. The Morgan fingerprint density at radius 2 is 1.91 bits per heavy atom. The van der Waals surface area contributed by atoms with Gasteiger partial charge in [-0.25, -0.2) is 4.79 Å². The van der Waals surface area contributed by atoms with Crippen molar-refractivity contribution in [3.63, 3.8) is 0 Å². The van der Waals surface area contributed by atoms with E-state index in [1.165, 1.54) is 5.56 Å². The molecule has 0 bridgehead atoms. The van der Waals surface area contributed by atoms with Crippen LogP contribution in [0.4, 0.5) is 10.5 Å². The summed E-state index contributed by atoms with van der Waals surface area (Å²) in [6.07, 6.45) is 2.88. The Kier molecular flexibility index (Phi) is 6.07. The average Bonchev–Trinajstić information content (AvgIpc) is 2.49. The molecule has 1 aliphatic heterocycles. The average molecular weight is 304 g/mol. The number of nitrogens with one attached hydrogen (secondary N) is 2. The molecule has 122 valence electrons. The zero-order valence-electron chi connectivity index (χ0n) is 13.6. The van der Waals surface area contributed by atoms with Gasteiger partial charge in [-0.3, -0.25) is 0 Å². The van der Waals surface area contributed by atoms with E-state index in [0.717, 1.165) is 38.0 Å². The predicted molar refractivity (Wildman–Crippen MR) is 91.1 cm³/mol. The van der Waals surface area contributed by atoms with Crippen molar-refractivity contribution in [1.29, 1.82) is 0 Å². The number of nitrogens with two attached hydrogens (primary N) is 1. The fourth-order valence-electron chi connectivity index (χ4n) is 2.74. The number of anilines is 1. The van der Waals surface area contributed by atoms with Crippen LogP contribution in [0.2, 0.25) is 0 Å². The van der Waals surface area contributed by atoms with Gasteiger partial charge in [-0.05, 0) is 57.4 Å². The van der Waals surface area contributed by atoms with Crippen molar-refractivity contribution >= 4 is 11.7 Å². The van der Waals surface area contributed by atoms with Gasteiger partial charge < -0.3 is 21.3 Å². The van der Waals surface area contributed by atoms with Crippen LogP contribution in [-0.4, -0.2) is 42.6 Å². The van der Waals surface area contributed by atoms with E-state index in [-0.39, 0.29) is 12.1 Å². The van der Waals surface area contributed by atoms with Gasteiger partial charge >= 0.3 is 6.03 Å². The van der Waals surface area contributed by atoms with Crippen molar-refractivity contribution < 1.29 is 4.79 Å². The molecular formula is C17H28N4O. The summed E-state index contributed by atoms with van der Waals surface area (Å²) in [7, 11) is 0. The van der Waals surface area contributed by atoms with E-state index in [1.54, 1.807) is 0 Å². The van der Waals surface area contributed by atoms with Crippen molar-refractivity contribution in [2.75, 3.05) is 25.0 Å². The number of hydrogen-bond acceptors (Lipinski definition) is 3. The van der Waals surface area contributed by atoms with Crippen LogP contribution in [0.25, 0.3) is 0 Å². The van der Waals surface area contributed by atoms with Crippen LogP contribution in [0.3, 0.4) is 0 Å². The van der Waals surface area contributed by atoms with E-state index in [2.05, 4.69) is 34.9 Å². The Morgan fingerprint density at radius 3 is 2.45 bits per heavy atom. The quantitative estimate of drug-likeness (QED) is 0.781. The topological polar surface area (TPSA) is 70.4 Å². The lowest BCUT2D eigenvalue weighted by Gasteiger charge is -2.33. The highest BCUT2D eigenvalue weighted by molar-refractivity contribution is 5.74. The molecule has 0 aromatic heterocycles. The first-order valence-corrected chi connectivity index (χ1v) is 8.19. The third kappa shape index (κ3) is 4.91. The molecule has 5 nitrogen and oxygen atoms in total. The first kappa shape index (κ1) is 16.6. The second kappa shape index (κ2) is 8.03. The van der Waals surface area contributed by atoms with Crippen molar-refractivity contribution in [2.24, 2.45) is 5.73 Å². The summed E-state index contributed by atoms with van der Waals surface area (Å²) >= 11 is 0. The minimum absolute atomic E-state index is 0.0552. The number of likely N-dealkylation sites (tertiary alicyclic amines) is 1. The van der Waals surface area contributed by atoms with Crippen LogP contribution < -0.4 is 16.4 Å². The zero-order chi connectivity index (χ0) is 15.9. The van der Waals surface area contributed by atoms with E-state index in [9.17, 15) is 4.79 Å². The van der Waals surface area contributed by atoms with Gasteiger partial charge in [0.1, 0.15) is 0 Å². The lowest BCUT2D eigenvalue weighted by Crippen LogP contribution is -2.48. The van der Waals surface area contributed by atoms with Crippen LogP contribution in [0.1, 0.15) is 32.3 Å². The van der Waals surface area contributed by atoms with E-state index in [4.69, 9.17) is 5.73 Å². The van der Waals surface area contributed by atoms with Gasteiger partial charge in [0.05, 0.1) is 0 Å². The summed E-state index contributed by atoms with van der Waals surface area (Å²) in [5.74, 6) is 0. The standard InChI is InChI=1S/C17H28N4O/c1-13(2)19-17(22)21-11-8-16(9-12-21)20-15-5-3-14(4-6-15)7-10-18/h3-6,13,16,20H,7-12,18H2,1-2H3,(H,19,22). The Morgan fingerprint density at radius 1 is 1.27 bits per heavy atom. The lowest BCUT2D eigenvalue weighted by molar-refractivity contribution is 0.181. The fourth-order valence-corrected chi connectivity index (χ4v) is 2.74. The number of nitrogens with zero attached hydrogens (tertiary/aromatic N) is 1. The van der Waals surface area contributed by atoms with E-state index >= 15 is 0 Å². The first-order chi connectivity index (χ1) is 10.6. The lowest BCUT2D eigenvalue weighted by atomic mass is 10.0. The third-order valence-corrected chi connectivity index (χ3v) is 3.95. The van der Waals surface area contributed by atoms with Crippen LogP contribution in [0.5, 0.6) is 0 Å². The third-order valence-electron chi connectivity index (χ3n) is 3.95. The molecule has 1 saturated heterocycles. The molecule has 5 heteroatoms. The Hall–Kier alpha value is -1.75. The second-order valence-corrected chi connectivity index (χ2v) is 6.25. The predicted octanol–water partition coefficient (Wildman–Crippen LogP) is 2.18. The van der Waals surface area contributed by atoms with Crippen LogP contribution in [-0.2, 0) is 6.42 Å². The molecule has 0 radical (unpaired) electrons. The molecule has 0 spiro atoms. The molecule has 0 saturated carbocycles. The number of urea groups is 1. The van der Waals surface area contributed by atoms with Crippen molar-refractivity contribution in [3.05, 3.63) is 29.8 Å². The summed E-state index contributed by atoms with van der Waals surface area (Å²) in [6.45, 7) is 6.27. The first-order valence-electron chi connectivity index (χ1n) is 8.19. The largest absolute Gasteiger partial charge is 0.382 e. The molecule has 1 heterocycles. The van der Waals surface area contributed by atoms with Gasteiger partial charge in [-0.1, -0.05) is 12.1 Å². The van der Waals surface area contributed by atoms with E-state index < -0.39 is 0 Å². The van der Waals surface area contributed by atoms with Gasteiger partial charge in [0, 0.05) is 30.9 Å². The summed E-state index contributed by atoms with van der Waals surface area (Å²) in [5, 5.41) is 6.51. The number of hydrogen-bond donors (Lipinski definition) is 3. The van der Waals surface area contributed by atoms with Crippen LogP contribution in [0.15, 0.2) is 24.3 Å². The number of carbonyl (C=O) groups is 1. The second-order valence-electron chi connectivity index (χ2n) is 6.25. The van der Waals surface area contributed by atoms with Crippen molar-refractivity contribution in [1.82, 2.24) is 10.2 Å². The maximum Gasteiger partial charge on any atom is 0.317 e. The van der Waals surface area contributed by atoms with E-state index in [0.29, 0.717) is 12.6 Å². The van der Waals surface area contributed by atoms with Crippen molar-refractivity contribution in [2.45, 2.75) is 45.2 Å². The molecule has 4 N–H and O–H groups in total. The SMILES string of the molecule is CC(C)NC(=O)N1CCC(Nc2ccc(CCN)cc2)CC1. The smallest absolute Gasteiger partial charge is 0.317 e. The van der Waals surface area contributed by atoms with Gasteiger partial charge in [0.15, 0.2) is 0 Å². The molecule has 2 rings (SSSR count). The summed E-state index contributed by atoms with van der Waals surface area (Å²) < 4.78 is 0. The highest BCUT2D eigenvalue weighted by Gasteiger charge is 2.22. The Bertz CT molecular complexity index is 464. The number of carbonyl (C=O) groups excluding carboxylic acids is 1. The highest BCUT2D eigenvalue weighted by Crippen LogP contribution is 2.17. The van der Waals surface area contributed by atoms with Gasteiger partial charge in [-0.2, -0.15) is 0 Å². The normalized spacial score (nSPS) is 15.9.